The van der Waals surface area contributed by atoms with Crippen LogP contribution in [0.5, 0.6) is 0 Å². The highest BCUT2D eigenvalue weighted by atomic mass is 127. The number of nitrogen functional groups attached to an aromatic ring is 1. The SMILES string of the molecule is Nc1ccc(NC(=O)c2cc(Cl)ccc2I)nc1. The number of hydrogen-bond donors (Lipinski definition) is 2. The van der Waals surface area contributed by atoms with Gasteiger partial charge in [-0.2, -0.15) is 0 Å². The van der Waals surface area contributed by atoms with E-state index in [1.165, 1.54) is 6.20 Å². The summed E-state index contributed by atoms with van der Waals surface area (Å²) in [4.78, 5) is 16.0. The van der Waals surface area contributed by atoms with Gasteiger partial charge in [-0.3, -0.25) is 4.79 Å². The molecule has 6 heteroatoms. The first-order valence-corrected chi connectivity index (χ1v) is 6.50. The van der Waals surface area contributed by atoms with E-state index < -0.39 is 0 Å². The smallest absolute Gasteiger partial charge is 0.257 e. The Kier molecular flexibility index (Phi) is 4.03. The molecule has 0 fully saturated rings. The van der Waals surface area contributed by atoms with Crippen molar-refractivity contribution in [1.29, 1.82) is 0 Å². The fourth-order valence-electron chi connectivity index (χ4n) is 1.33. The number of benzene rings is 1. The lowest BCUT2D eigenvalue weighted by Crippen LogP contribution is -2.14. The Morgan fingerprint density at radius 3 is 2.78 bits per heavy atom. The number of halogens is 2. The minimum absolute atomic E-state index is 0.251. The molecule has 0 saturated carbocycles. The second-order valence-electron chi connectivity index (χ2n) is 3.56. The van der Waals surface area contributed by atoms with E-state index in [0.717, 1.165) is 3.57 Å². The number of nitrogens with zero attached hydrogens (tertiary/aromatic N) is 1. The number of rotatable bonds is 2. The Bertz CT molecular complexity index is 586. The van der Waals surface area contributed by atoms with Crippen molar-refractivity contribution in [2.75, 3.05) is 11.1 Å². The van der Waals surface area contributed by atoms with Crippen LogP contribution in [0.2, 0.25) is 5.02 Å². The van der Waals surface area contributed by atoms with Gasteiger partial charge in [0.25, 0.3) is 5.91 Å². The van der Waals surface area contributed by atoms with Crippen LogP contribution < -0.4 is 11.1 Å². The zero-order valence-electron chi connectivity index (χ0n) is 9.15. The normalized spacial score (nSPS) is 10.1. The van der Waals surface area contributed by atoms with E-state index in [-0.39, 0.29) is 5.91 Å². The summed E-state index contributed by atoms with van der Waals surface area (Å²) in [6.07, 6.45) is 1.48. The molecule has 1 amide bonds. The fourth-order valence-corrected chi connectivity index (χ4v) is 2.09. The van der Waals surface area contributed by atoms with Gasteiger partial charge in [0.05, 0.1) is 17.4 Å². The second kappa shape index (κ2) is 5.53. The number of nitrogens with two attached hydrogens (primary N) is 1. The van der Waals surface area contributed by atoms with Gasteiger partial charge in [-0.25, -0.2) is 4.98 Å². The Labute approximate surface area is 123 Å². The summed E-state index contributed by atoms with van der Waals surface area (Å²) in [5.41, 5.74) is 6.58. The van der Waals surface area contributed by atoms with Crippen molar-refractivity contribution in [2.45, 2.75) is 0 Å². The highest BCUT2D eigenvalue weighted by molar-refractivity contribution is 14.1. The molecule has 92 valence electrons. The molecule has 0 saturated heterocycles. The maximum atomic E-state index is 12.0. The van der Waals surface area contributed by atoms with Crippen LogP contribution in [0, 0.1) is 3.57 Å². The average molecular weight is 374 g/mol. The molecular formula is C12H9ClIN3O. The Morgan fingerprint density at radius 2 is 2.11 bits per heavy atom. The molecule has 1 aromatic carbocycles. The lowest BCUT2D eigenvalue weighted by molar-refractivity contribution is 0.102. The Balaban J connectivity index is 2.21. The third-order valence-electron chi connectivity index (χ3n) is 2.20. The molecule has 0 aliphatic carbocycles. The molecule has 0 bridgehead atoms. The summed E-state index contributed by atoms with van der Waals surface area (Å²) < 4.78 is 0.824. The molecule has 0 unspecified atom stereocenters. The van der Waals surface area contributed by atoms with Crippen molar-refractivity contribution in [1.82, 2.24) is 4.98 Å². The van der Waals surface area contributed by atoms with Crippen molar-refractivity contribution in [3.05, 3.63) is 50.7 Å². The van der Waals surface area contributed by atoms with Crippen LogP contribution in [0.4, 0.5) is 11.5 Å². The molecule has 18 heavy (non-hydrogen) atoms. The Hall–Kier alpha value is -1.34. The van der Waals surface area contributed by atoms with E-state index in [2.05, 4.69) is 32.9 Å². The van der Waals surface area contributed by atoms with E-state index in [0.29, 0.717) is 22.1 Å². The van der Waals surface area contributed by atoms with E-state index in [1.807, 2.05) is 0 Å². The van der Waals surface area contributed by atoms with Gasteiger partial charge in [-0.1, -0.05) is 11.6 Å². The minimum Gasteiger partial charge on any atom is -0.397 e. The number of pyridine rings is 1. The highest BCUT2D eigenvalue weighted by Crippen LogP contribution is 2.19. The van der Waals surface area contributed by atoms with E-state index >= 15 is 0 Å². The largest absolute Gasteiger partial charge is 0.397 e. The first-order valence-electron chi connectivity index (χ1n) is 5.04. The van der Waals surface area contributed by atoms with Crippen molar-refractivity contribution in [3.8, 4) is 0 Å². The molecule has 1 aromatic heterocycles. The molecular weight excluding hydrogens is 365 g/mol. The van der Waals surface area contributed by atoms with Crippen molar-refractivity contribution >= 4 is 51.6 Å². The van der Waals surface area contributed by atoms with Crippen molar-refractivity contribution in [3.63, 3.8) is 0 Å². The molecule has 0 aliphatic heterocycles. The summed E-state index contributed by atoms with van der Waals surface area (Å²) in [6.45, 7) is 0. The number of aromatic nitrogens is 1. The van der Waals surface area contributed by atoms with Gasteiger partial charge in [0.1, 0.15) is 5.82 Å². The van der Waals surface area contributed by atoms with Crippen LogP contribution in [-0.2, 0) is 0 Å². The maximum absolute atomic E-state index is 12.0. The van der Waals surface area contributed by atoms with E-state index in [4.69, 9.17) is 17.3 Å². The van der Waals surface area contributed by atoms with Crippen LogP contribution in [-0.4, -0.2) is 10.9 Å². The van der Waals surface area contributed by atoms with Gasteiger partial charge in [0.2, 0.25) is 0 Å². The van der Waals surface area contributed by atoms with Gasteiger partial charge in [0.15, 0.2) is 0 Å². The number of carbonyl (C=O) groups excluding carboxylic acids is 1. The molecule has 2 aromatic rings. The molecule has 0 spiro atoms. The van der Waals surface area contributed by atoms with Crippen LogP contribution in [0.15, 0.2) is 36.5 Å². The zero-order valence-corrected chi connectivity index (χ0v) is 12.1. The highest BCUT2D eigenvalue weighted by Gasteiger charge is 2.11. The van der Waals surface area contributed by atoms with Gasteiger partial charge in [-0.15, -0.1) is 0 Å². The van der Waals surface area contributed by atoms with Gasteiger partial charge < -0.3 is 11.1 Å². The van der Waals surface area contributed by atoms with Crippen molar-refractivity contribution < 1.29 is 4.79 Å². The molecule has 0 atom stereocenters. The summed E-state index contributed by atoms with van der Waals surface area (Å²) >= 11 is 7.95. The fraction of sp³-hybridized carbons (Fsp3) is 0. The monoisotopic (exact) mass is 373 g/mol. The Morgan fingerprint density at radius 1 is 1.33 bits per heavy atom. The molecule has 0 aliphatic rings. The summed E-state index contributed by atoms with van der Waals surface area (Å²) in [6, 6.07) is 8.46. The summed E-state index contributed by atoms with van der Waals surface area (Å²) in [5, 5.41) is 3.20. The van der Waals surface area contributed by atoms with E-state index in [1.54, 1.807) is 30.3 Å². The summed E-state index contributed by atoms with van der Waals surface area (Å²) in [7, 11) is 0. The predicted octanol–water partition coefficient (Wildman–Crippen LogP) is 3.17. The molecule has 1 heterocycles. The quantitative estimate of drug-likeness (QED) is 0.795. The van der Waals surface area contributed by atoms with Gasteiger partial charge in [-0.05, 0) is 52.9 Å². The van der Waals surface area contributed by atoms with Crippen molar-refractivity contribution in [2.24, 2.45) is 0 Å². The van der Waals surface area contributed by atoms with Crippen LogP contribution in [0.25, 0.3) is 0 Å². The lowest BCUT2D eigenvalue weighted by Gasteiger charge is -2.06. The summed E-state index contributed by atoms with van der Waals surface area (Å²) in [5.74, 6) is 0.198. The number of amides is 1. The van der Waals surface area contributed by atoms with Crippen LogP contribution in [0.1, 0.15) is 10.4 Å². The standard InChI is InChI=1S/C12H9ClIN3O/c13-7-1-3-10(14)9(5-7)12(18)17-11-4-2-8(15)6-16-11/h1-6H,15H2,(H,16,17,18). The van der Waals surface area contributed by atoms with Crippen LogP contribution >= 0.6 is 34.2 Å². The topological polar surface area (TPSA) is 68.0 Å². The zero-order chi connectivity index (χ0) is 13.1. The molecule has 0 radical (unpaired) electrons. The first-order chi connectivity index (χ1) is 8.56. The maximum Gasteiger partial charge on any atom is 0.257 e. The minimum atomic E-state index is -0.251. The predicted molar refractivity (Wildman–Crippen MR) is 80.8 cm³/mol. The number of carbonyl (C=O) groups is 1. The van der Waals surface area contributed by atoms with Crippen LogP contribution in [0.3, 0.4) is 0 Å². The third-order valence-corrected chi connectivity index (χ3v) is 3.38. The van der Waals surface area contributed by atoms with E-state index in [9.17, 15) is 4.79 Å². The first kappa shape index (κ1) is 13.1. The second-order valence-corrected chi connectivity index (χ2v) is 5.15. The number of nitrogens with one attached hydrogen (secondary N) is 1. The molecule has 2 rings (SSSR count). The van der Waals surface area contributed by atoms with Gasteiger partial charge in [0, 0.05) is 8.59 Å². The lowest BCUT2D eigenvalue weighted by atomic mass is 10.2. The average Bonchev–Trinajstić information content (AvgIpc) is 2.35. The van der Waals surface area contributed by atoms with Gasteiger partial charge >= 0.3 is 0 Å². The number of hydrogen-bond acceptors (Lipinski definition) is 3. The number of anilines is 2. The molecule has 3 N–H and O–H groups in total. The molecule has 4 nitrogen and oxygen atoms in total. The third kappa shape index (κ3) is 3.11.